The Labute approximate surface area is 134 Å². The van der Waals surface area contributed by atoms with Crippen LogP contribution < -0.4 is 10.0 Å². The fourth-order valence-corrected chi connectivity index (χ4v) is 2.81. The number of amides is 1. The Balaban J connectivity index is 1.86. The van der Waals surface area contributed by atoms with Gasteiger partial charge >= 0.3 is 0 Å². The van der Waals surface area contributed by atoms with Gasteiger partial charge in [0.25, 0.3) is 0 Å². The van der Waals surface area contributed by atoms with E-state index in [4.69, 9.17) is 0 Å². The van der Waals surface area contributed by atoms with Gasteiger partial charge in [-0.1, -0.05) is 29.8 Å². The lowest BCUT2D eigenvalue weighted by Gasteiger charge is -2.08. The largest absolute Gasteiger partial charge is 0.351 e. The highest BCUT2D eigenvalue weighted by molar-refractivity contribution is 7.89. The molecule has 0 aliphatic rings. The van der Waals surface area contributed by atoms with Gasteiger partial charge in [0, 0.05) is 6.54 Å². The van der Waals surface area contributed by atoms with E-state index in [-0.39, 0.29) is 11.4 Å². The Bertz CT molecular complexity index is 772. The van der Waals surface area contributed by atoms with Gasteiger partial charge in [-0.25, -0.2) is 17.5 Å². The van der Waals surface area contributed by atoms with Gasteiger partial charge in [0.05, 0.1) is 11.4 Å². The van der Waals surface area contributed by atoms with Crippen LogP contribution in [0.4, 0.5) is 4.39 Å². The number of sulfonamides is 1. The van der Waals surface area contributed by atoms with Gasteiger partial charge < -0.3 is 5.32 Å². The lowest BCUT2D eigenvalue weighted by atomic mass is 10.1. The van der Waals surface area contributed by atoms with Crippen LogP contribution in [0.15, 0.2) is 53.4 Å². The number of hydrogen-bond acceptors (Lipinski definition) is 3. The van der Waals surface area contributed by atoms with Crippen molar-refractivity contribution < 1.29 is 17.6 Å². The summed E-state index contributed by atoms with van der Waals surface area (Å²) in [5.74, 6) is -0.976. The van der Waals surface area contributed by atoms with Gasteiger partial charge in [-0.3, -0.25) is 4.79 Å². The minimum Gasteiger partial charge on any atom is -0.351 e. The predicted octanol–water partition coefficient (Wildman–Crippen LogP) is 1.73. The first kappa shape index (κ1) is 17.1. The van der Waals surface area contributed by atoms with Crippen molar-refractivity contribution in [1.29, 1.82) is 0 Å². The summed E-state index contributed by atoms with van der Waals surface area (Å²) < 4.78 is 38.9. The molecule has 0 bridgehead atoms. The molecular formula is C16H17FN2O3S. The number of nitrogens with one attached hydrogen (secondary N) is 2. The molecule has 1 amide bonds. The van der Waals surface area contributed by atoms with Gasteiger partial charge in [-0.05, 0) is 36.8 Å². The minimum absolute atomic E-state index is 0.0924. The summed E-state index contributed by atoms with van der Waals surface area (Å²) in [4.78, 5) is 11.6. The van der Waals surface area contributed by atoms with Crippen molar-refractivity contribution in [3.05, 3.63) is 65.5 Å². The number of halogens is 1. The summed E-state index contributed by atoms with van der Waals surface area (Å²) >= 11 is 0. The Morgan fingerprint density at radius 3 is 2.26 bits per heavy atom. The highest BCUT2D eigenvalue weighted by Gasteiger charge is 2.15. The number of hydrogen-bond donors (Lipinski definition) is 2. The second kappa shape index (κ2) is 7.34. The Morgan fingerprint density at radius 1 is 1.04 bits per heavy atom. The molecule has 23 heavy (non-hydrogen) atoms. The van der Waals surface area contributed by atoms with Crippen molar-refractivity contribution in [2.45, 2.75) is 18.4 Å². The first-order valence-electron chi connectivity index (χ1n) is 6.94. The highest BCUT2D eigenvalue weighted by Crippen LogP contribution is 2.09. The molecule has 2 N–H and O–H groups in total. The first-order valence-corrected chi connectivity index (χ1v) is 8.42. The molecule has 7 heteroatoms. The van der Waals surface area contributed by atoms with E-state index in [2.05, 4.69) is 10.0 Å². The fraction of sp³-hybridized carbons (Fsp3) is 0.188. The zero-order valence-electron chi connectivity index (χ0n) is 12.5. The number of benzene rings is 2. The molecule has 2 rings (SSSR count). The van der Waals surface area contributed by atoms with E-state index in [1.807, 2.05) is 31.2 Å². The van der Waals surface area contributed by atoms with Crippen LogP contribution in [-0.4, -0.2) is 20.9 Å². The molecular weight excluding hydrogens is 319 g/mol. The minimum atomic E-state index is -3.84. The van der Waals surface area contributed by atoms with Crippen LogP contribution in [0.5, 0.6) is 0 Å². The fourth-order valence-electron chi connectivity index (χ4n) is 1.83. The molecule has 2 aromatic rings. The number of carbonyl (C=O) groups excluding carboxylic acids is 1. The summed E-state index contributed by atoms with van der Waals surface area (Å²) in [7, 11) is -3.84. The maximum atomic E-state index is 12.8. The van der Waals surface area contributed by atoms with E-state index in [9.17, 15) is 17.6 Å². The van der Waals surface area contributed by atoms with Crippen molar-refractivity contribution >= 4 is 15.9 Å². The van der Waals surface area contributed by atoms with Gasteiger partial charge in [-0.15, -0.1) is 0 Å². The molecule has 0 aromatic heterocycles. The number of carbonyl (C=O) groups is 1. The topological polar surface area (TPSA) is 75.3 Å². The molecule has 0 saturated heterocycles. The van der Waals surface area contributed by atoms with Crippen LogP contribution in [0.1, 0.15) is 11.1 Å². The van der Waals surface area contributed by atoms with Gasteiger partial charge in [0.15, 0.2) is 0 Å². The molecule has 2 aromatic carbocycles. The molecule has 0 fully saturated rings. The average Bonchev–Trinajstić information content (AvgIpc) is 2.53. The Hall–Kier alpha value is -2.25. The second-order valence-corrected chi connectivity index (χ2v) is 6.81. The Kier molecular flexibility index (Phi) is 5.46. The molecule has 122 valence electrons. The molecule has 0 saturated carbocycles. The van der Waals surface area contributed by atoms with Gasteiger partial charge in [-0.2, -0.15) is 0 Å². The smallest absolute Gasteiger partial charge is 0.241 e. The number of aryl methyl sites for hydroxylation is 1. The lowest BCUT2D eigenvalue weighted by Crippen LogP contribution is -2.36. The summed E-state index contributed by atoms with van der Waals surface area (Å²) in [6, 6.07) is 12.0. The summed E-state index contributed by atoms with van der Waals surface area (Å²) in [5.41, 5.74) is 2.04. The molecule has 0 radical (unpaired) electrons. The Morgan fingerprint density at radius 2 is 1.65 bits per heavy atom. The monoisotopic (exact) mass is 336 g/mol. The van der Waals surface area contributed by atoms with E-state index in [1.165, 1.54) is 0 Å². The van der Waals surface area contributed by atoms with Crippen LogP contribution in [0, 0.1) is 12.7 Å². The summed E-state index contributed by atoms with van der Waals surface area (Å²) in [6.07, 6.45) is 0. The standard InChI is InChI=1S/C16H17FN2O3S/c1-12-2-4-13(5-3-12)10-18-16(20)11-19-23(21,22)15-8-6-14(17)7-9-15/h2-9,19H,10-11H2,1H3,(H,18,20). The van der Waals surface area contributed by atoms with Crippen LogP contribution in [-0.2, 0) is 21.4 Å². The van der Waals surface area contributed by atoms with Crippen LogP contribution in [0.25, 0.3) is 0 Å². The molecule has 0 atom stereocenters. The second-order valence-electron chi connectivity index (χ2n) is 5.04. The van der Waals surface area contributed by atoms with Crippen LogP contribution in [0.3, 0.4) is 0 Å². The predicted molar refractivity (Wildman–Crippen MR) is 84.6 cm³/mol. The van der Waals surface area contributed by atoms with Crippen LogP contribution >= 0.6 is 0 Å². The van der Waals surface area contributed by atoms with E-state index in [0.29, 0.717) is 6.54 Å². The first-order chi connectivity index (χ1) is 10.9. The van der Waals surface area contributed by atoms with Crippen molar-refractivity contribution in [2.24, 2.45) is 0 Å². The van der Waals surface area contributed by atoms with Gasteiger partial charge in [0.2, 0.25) is 15.9 Å². The molecule has 0 aliphatic heterocycles. The molecule has 5 nitrogen and oxygen atoms in total. The zero-order valence-corrected chi connectivity index (χ0v) is 13.4. The highest BCUT2D eigenvalue weighted by atomic mass is 32.2. The third-order valence-electron chi connectivity index (χ3n) is 3.16. The average molecular weight is 336 g/mol. The maximum absolute atomic E-state index is 12.8. The van der Waals surface area contributed by atoms with Crippen molar-refractivity contribution in [1.82, 2.24) is 10.0 Å². The molecule has 0 spiro atoms. The third-order valence-corrected chi connectivity index (χ3v) is 4.57. The van der Waals surface area contributed by atoms with E-state index in [1.54, 1.807) is 0 Å². The van der Waals surface area contributed by atoms with E-state index >= 15 is 0 Å². The molecule has 0 heterocycles. The molecule has 0 unspecified atom stereocenters. The summed E-state index contributed by atoms with van der Waals surface area (Å²) in [6.45, 7) is 1.90. The van der Waals surface area contributed by atoms with Gasteiger partial charge in [0.1, 0.15) is 5.82 Å². The van der Waals surface area contributed by atoms with Crippen molar-refractivity contribution in [2.75, 3.05) is 6.54 Å². The normalized spacial score (nSPS) is 11.2. The van der Waals surface area contributed by atoms with E-state index in [0.717, 1.165) is 35.4 Å². The quantitative estimate of drug-likeness (QED) is 0.843. The zero-order chi connectivity index (χ0) is 16.9. The number of rotatable bonds is 6. The summed E-state index contributed by atoms with van der Waals surface area (Å²) in [5, 5.41) is 2.63. The molecule has 0 aliphatic carbocycles. The van der Waals surface area contributed by atoms with E-state index < -0.39 is 21.7 Å². The van der Waals surface area contributed by atoms with Crippen molar-refractivity contribution in [3.63, 3.8) is 0 Å². The maximum Gasteiger partial charge on any atom is 0.241 e. The van der Waals surface area contributed by atoms with Crippen LogP contribution in [0.2, 0.25) is 0 Å². The third kappa shape index (κ3) is 5.15. The SMILES string of the molecule is Cc1ccc(CNC(=O)CNS(=O)(=O)c2ccc(F)cc2)cc1. The lowest BCUT2D eigenvalue weighted by molar-refractivity contribution is -0.120. The van der Waals surface area contributed by atoms with Crippen molar-refractivity contribution in [3.8, 4) is 0 Å².